The van der Waals surface area contributed by atoms with Gasteiger partial charge in [0.05, 0.1) is 5.75 Å². The molecule has 1 amide bonds. The van der Waals surface area contributed by atoms with Gasteiger partial charge in [0.1, 0.15) is 5.75 Å². The lowest BCUT2D eigenvalue weighted by Gasteiger charge is -2.29. The summed E-state index contributed by atoms with van der Waals surface area (Å²) in [7, 11) is -3.53. The van der Waals surface area contributed by atoms with Crippen LogP contribution in [0.1, 0.15) is 65.9 Å². The first kappa shape index (κ1) is 23.5. The van der Waals surface area contributed by atoms with Crippen LogP contribution in [0.3, 0.4) is 0 Å². The van der Waals surface area contributed by atoms with Gasteiger partial charge in [-0.2, -0.15) is 8.42 Å². The second kappa shape index (κ2) is 11.3. The van der Waals surface area contributed by atoms with E-state index in [0.29, 0.717) is 24.8 Å². The zero-order valence-corrected chi connectivity index (χ0v) is 18.2. The summed E-state index contributed by atoms with van der Waals surface area (Å²) >= 11 is 0. The van der Waals surface area contributed by atoms with Crippen LogP contribution >= 0.6 is 0 Å². The topological polar surface area (TPSA) is 63.7 Å². The summed E-state index contributed by atoms with van der Waals surface area (Å²) in [4.78, 5) is 15.0. The molecule has 0 N–H and O–H groups in total. The largest absolute Gasteiger partial charge is 0.382 e. The third kappa shape index (κ3) is 8.33. The minimum absolute atomic E-state index is 0.0679. The molecule has 0 aliphatic heterocycles. The third-order valence-electron chi connectivity index (χ3n) is 4.52. The number of carbonyl (C=O) groups excluding carboxylic acids is 1. The molecule has 1 rings (SSSR count). The zero-order chi connectivity index (χ0) is 20.4. The van der Waals surface area contributed by atoms with E-state index in [9.17, 15) is 13.2 Å². The molecule has 154 valence electrons. The number of unbranched alkanes of at least 4 members (excludes halogenated alkanes) is 1. The standard InChI is InChI=1S/C21H35NO4S/c1-6-9-10-19(7-2)21(23)22(15-17(4)5)16-18-11-13-20(14-12-18)26-27(24,25)8-3/h11-14,17,19H,6-10,15-16H2,1-5H3/t19-/m0/s1. The Hall–Kier alpha value is -1.56. The van der Waals surface area contributed by atoms with Crippen molar-refractivity contribution in [2.24, 2.45) is 11.8 Å². The van der Waals surface area contributed by atoms with Gasteiger partial charge in [-0.3, -0.25) is 4.79 Å². The maximum atomic E-state index is 13.0. The molecule has 0 aromatic heterocycles. The molecular formula is C21H35NO4S. The van der Waals surface area contributed by atoms with Crippen LogP contribution in [0.4, 0.5) is 0 Å². The molecule has 0 aliphatic carbocycles. The fourth-order valence-electron chi connectivity index (χ4n) is 2.96. The minimum Gasteiger partial charge on any atom is -0.382 e. The quantitative estimate of drug-likeness (QED) is 0.483. The second-order valence-electron chi connectivity index (χ2n) is 7.43. The Morgan fingerprint density at radius 3 is 2.22 bits per heavy atom. The van der Waals surface area contributed by atoms with Gasteiger partial charge in [-0.1, -0.05) is 52.7 Å². The minimum atomic E-state index is -3.53. The number of hydrogen-bond acceptors (Lipinski definition) is 4. The fraction of sp³-hybridized carbons (Fsp3) is 0.667. The number of rotatable bonds is 12. The second-order valence-corrected chi connectivity index (χ2v) is 9.29. The molecule has 1 aromatic rings. The number of hydrogen-bond donors (Lipinski definition) is 0. The third-order valence-corrected chi connectivity index (χ3v) is 5.67. The van der Waals surface area contributed by atoms with Crippen LogP contribution in [-0.2, 0) is 21.5 Å². The smallest absolute Gasteiger partial charge is 0.308 e. The van der Waals surface area contributed by atoms with E-state index in [1.54, 1.807) is 19.1 Å². The van der Waals surface area contributed by atoms with Crippen molar-refractivity contribution in [3.63, 3.8) is 0 Å². The average molecular weight is 398 g/mol. The van der Waals surface area contributed by atoms with Crippen molar-refractivity contribution in [3.05, 3.63) is 29.8 Å². The van der Waals surface area contributed by atoms with Crippen LogP contribution in [0.5, 0.6) is 5.75 Å². The van der Waals surface area contributed by atoms with E-state index in [2.05, 4.69) is 27.7 Å². The molecule has 1 atom stereocenters. The maximum Gasteiger partial charge on any atom is 0.308 e. The van der Waals surface area contributed by atoms with Crippen molar-refractivity contribution in [2.45, 2.75) is 66.8 Å². The first-order valence-corrected chi connectivity index (χ1v) is 11.6. The SMILES string of the molecule is CCCC[C@H](CC)C(=O)N(Cc1ccc(OS(=O)(=O)CC)cc1)CC(C)C. The molecule has 0 unspecified atom stereocenters. The van der Waals surface area contributed by atoms with Crippen molar-refractivity contribution in [1.29, 1.82) is 0 Å². The van der Waals surface area contributed by atoms with Crippen LogP contribution < -0.4 is 4.18 Å². The van der Waals surface area contributed by atoms with Crippen LogP contribution in [0.15, 0.2) is 24.3 Å². The summed E-state index contributed by atoms with van der Waals surface area (Å²) in [6.45, 7) is 11.2. The van der Waals surface area contributed by atoms with Gasteiger partial charge in [-0.15, -0.1) is 0 Å². The van der Waals surface area contributed by atoms with E-state index in [4.69, 9.17) is 4.18 Å². The molecule has 5 nitrogen and oxygen atoms in total. The van der Waals surface area contributed by atoms with Crippen molar-refractivity contribution >= 4 is 16.0 Å². The lowest BCUT2D eigenvalue weighted by molar-refractivity contribution is -0.137. The first-order chi connectivity index (χ1) is 12.7. The van der Waals surface area contributed by atoms with Crippen LogP contribution in [0.25, 0.3) is 0 Å². The summed E-state index contributed by atoms with van der Waals surface area (Å²) in [5.74, 6) is 0.905. The van der Waals surface area contributed by atoms with Crippen molar-refractivity contribution < 1.29 is 17.4 Å². The maximum absolute atomic E-state index is 13.0. The Morgan fingerprint density at radius 2 is 1.74 bits per heavy atom. The Kier molecular flexibility index (Phi) is 9.84. The molecule has 0 radical (unpaired) electrons. The van der Waals surface area contributed by atoms with E-state index in [1.165, 1.54) is 0 Å². The van der Waals surface area contributed by atoms with Crippen LogP contribution in [-0.4, -0.2) is 31.5 Å². The van der Waals surface area contributed by atoms with Gasteiger partial charge in [0.25, 0.3) is 0 Å². The van der Waals surface area contributed by atoms with Crippen molar-refractivity contribution in [2.75, 3.05) is 12.3 Å². The molecule has 0 heterocycles. The lowest BCUT2D eigenvalue weighted by Crippen LogP contribution is -2.38. The highest BCUT2D eigenvalue weighted by Gasteiger charge is 2.23. The summed E-state index contributed by atoms with van der Waals surface area (Å²) in [5, 5.41) is 0. The summed E-state index contributed by atoms with van der Waals surface area (Å²) in [6.07, 6.45) is 3.95. The fourth-order valence-corrected chi connectivity index (χ4v) is 3.48. The lowest BCUT2D eigenvalue weighted by atomic mass is 9.97. The first-order valence-electron chi connectivity index (χ1n) is 10.0. The Morgan fingerprint density at radius 1 is 1.11 bits per heavy atom. The molecule has 0 saturated carbocycles. The summed E-state index contributed by atoms with van der Waals surface area (Å²) in [6, 6.07) is 6.95. The van der Waals surface area contributed by atoms with Crippen LogP contribution in [0.2, 0.25) is 0 Å². The summed E-state index contributed by atoms with van der Waals surface area (Å²) in [5.41, 5.74) is 0.968. The molecule has 0 bridgehead atoms. The van der Waals surface area contributed by atoms with Gasteiger partial charge in [0.15, 0.2) is 0 Å². The highest BCUT2D eigenvalue weighted by atomic mass is 32.2. The Bertz CT molecular complexity index is 668. The van der Waals surface area contributed by atoms with Crippen molar-refractivity contribution in [3.8, 4) is 5.75 Å². The number of benzene rings is 1. The Balaban J connectivity index is 2.88. The molecule has 0 fully saturated rings. The Labute approximate surface area is 165 Å². The van der Waals surface area contributed by atoms with E-state index in [1.807, 2.05) is 17.0 Å². The molecule has 0 aliphatic rings. The average Bonchev–Trinajstić information content (AvgIpc) is 2.62. The van der Waals surface area contributed by atoms with E-state index in [0.717, 1.165) is 31.2 Å². The molecule has 27 heavy (non-hydrogen) atoms. The summed E-state index contributed by atoms with van der Waals surface area (Å²) < 4.78 is 28.1. The van der Waals surface area contributed by atoms with Crippen molar-refractivity contribution in [1.82, 2.24) is 4.90 Å². The molecule has 6 heteroatoms. The van der Waals surface area contributed by atoms with E-state index in [-0.39, 0.29) is 17.6 Å². The monoisotopic (exact) mass is 397 g/mol. The van der Waals surface area contributed by atoms with E-state index < -0.39 is 10.1 Å². The number of nitrogens with zero attached hydrogens (tertiary/aromatic N) is 1. The molecule has 0 saturated heterocycles. The molecular weight excluding hydrogens is 362 g/mol. The van der Waals surface area contributed by atoms with Gasteiger partial charge in [0.2, 0.25) is 5.91 Å². The number of amides is 1. The van der Waals surface area contributed by atoms with Gasteiger partial charge >= 0.3 is 10.1 Å². The van der Waals surface area contributed by atoms with Gasteiger partial charge < -0.3 is 9.08 Å². The van der Waals surface area contributed by atoms with Gasteiger partial charge in [-0.25, -0.2) is 0 Å². The highest BCUT2D eigenvalue weighted by Crippen LogP contribution is 2.20. The normalized spacial score (nSPS) is 12.8. The zero-order valence-electron chi connectivity index (χ0n) is 17.4. The predicted molar refractivity (Wildman–Crippen MR) is 110 cm³/mol. The highest BCUT2D eigenvalue weighted by molar-refractivity contribution is 7.87. The molecule has 0 spiro atoms. The van der Waals surface area contributed by atoms with E-state index >= 15 is 0 Å². The van der Waals surface area contributed by atoms with Crippen LogP contribution in [0, 0.1) is 11.8 Å². The molecule has 1 aromatic carbocycles. The number of carbonyl (C=O) groups is 1. The van der Waals surface area contributed by atoms with Gasteiger partial charge in [-0.05, 0) is 43.4 Å². The van der Waals surface area contributed by atoms with Gasteiger partial charge in [0, 0.05) is 19.0 Å². The predicted octanol–water partition coefficient (Wildman–Crippen LogP) is 4.62.